The van der Waals surface area contributed by atoms with Gasteiger partial charge in [0.05, 0.1) is 10.7 Å². The van der Waals surface area contributed by atoms with Crippen LogP contribution in [0.3, 0.4) is 0 Å². The number of nitrogens with one attached hydrogen (secondary N) is 1. The maximum absolute atomic E-state index is 4.50. The average molecular weight is 255 g/mol. The fraction of sp³-hybridized carbons (Fsp3) is 0.769. The summed E-state index contributed by atoms with van der Waals surface area (Å²) in [5.41, 5.74) is 1.37. The van der Waals surface area contributed by atoms with Crippen LogP contribution in [-0.2, 0) is 6.54 Å². The molecule has 1 aromatic rings. The molecule has 1 atom stereocenters. The molecule has 0 fully saturated rings. The van der Waals surface area contributed by atoms with E-state index in [1.54, 1.807) is 11.3 Å². The van der Waals surface area contributed by atoms with Gasteiger partial charge in [-0.3, -0.25) is 4.90 Å². The Morgan fingerprint density at radius 1 is 1.47 bits per heavy atom. The second-order valence-corrected chi connectivity index (χ2v) is 6.82. The van der Waals surface area contributed by atoms with Gasteiger partial charge in [0.15, 0.2) is 0 Å². The van der Waals surface area contributed by atoms with Crippen LogP contribution in [0.5, 0.6) is 0 Å². The third-order valence-corrected chi connectivity index (χ3v) is 3.58. The van der Waals surface area contributed by atoms with Crippen molar-refractivity contribution in [2.45, 2.75) is 52.7 Å². The molecule has 1 rings (SSSR count). The predicted octanol–water partition coefficient (Wildman–Crippen LogP) is 2.66. The molecule has 0 radical (unpaired) electrons. The summed E-state index contributed by atoms with van der Waals surface area (Å²) >= 11 is 1.72. The molecule has 0 spiro atoms. The Hall–Kier alpha value is -0.450. The minimum atomic E-state index is 0.187. The quantitative estimate of drug-likeness (QED) is 0.877. The Morgan fingerprint density at radius 2 is 2.12 bits per heavy atom. The standard InChI is InChI=1S/C13H25N3S/c1-10(7-14-13(3,4)5)16(6)8-12-9-17-11(2)15-12/h9-10,14H,7-8H2,1-6H3. The lowest BCUT2D eigenvalue weighted by Gasteiger charge is -2.28. The molecule has 0 aromatic carbocycles. The van der Waals surface area contributed by atoms with Gasteiger partial charge in [-0.2, -0.15) is 0 Å². The lowest BCUT2D eigenvalue weighted by atomic mass is 10.1. The van der Waals surface area contributed by atoms with Crippen molar-refractivity contribution in [3.63, 3.8) is 0 Å². The van der Waals surface area contributed by atoms with Crippen LogP contribution < -0.4 is 5.32 Å². The van der Waals surface area contributed by atoms with Gasteiger partial charge in [-0.25, -0.2) is 4.98 Å². The van der Waals surface area contributed by atoms with E-state index in [0.29, 0.717) is 6.04 Å². The van der Waals surface area contributed by atoms with Crippen molar-refractivity contribution in [3.05, 3.63) is 16.1 Å². The normalized spacial score (nSPS) is 14.3. The van der Waals surface area contributed by atoms with Crippen molar-refractivity contribution >= 4 is 11.3 Å². The Balaban J connectivity index is 2.39. The van der Waals surface area contributed by atoms with Gasteiger partial charge < -0.3 is 5.32 Å². The number of rotatable bonds is 5. The molecule has 1 unspecified atom stereocenters. The van der Waals surface area contributed by atoms with Crippen LogP contribution in [0.2, 0.25) is 0 Å². The molecular weight excluding hydrogens is 230 g/mol. The van der Waals surface area contributed by atoms with Crippen molar-refractivity contribution in [3.8, 4) is 0 Å². The van der Waals surface area contributed by atoms with Crippen LogP contribution in [0.1, 0.15) is 38.4 Å². The summed E-state index contributed by atoms with van der Waals surface area (Å²) in [5.74, 6) is 0. The average Bonchev–Trinajstić information content (AvgIpc) is 2.59. The minimum Gasteiger partial charge on any atom is -0.311 e. The van der Waals surface area contributed by atoms with Gasteiger partial charge in [0, 0.05) is 30.1 Å². The van der Waals surface area contributed by atoms with Gasteiger partial charge in [-0.1, -0.05) is 0 Å². The second kappa shape index (κ2) is 5.94. The highest BCUT2D eigenvalue weighted by Gasteiger charge is 2.14. The molecule has 4 heteroatoms. The first-order valence-electron chi connectivity index (χ1n) is 6.14. The van der Waals surface area contributed by atoms with Crippen molar-refractivity contribution in [2.75, 3.05) is 13.6 Å². The molecule has 1 heterocycles. The van der Waals surface area contributed by atoms with Crippen LogP contribution in [0.15, 0.2) is 5.38 Å². The smallest absolute Gasteiger partial charge is 0.0897 e. The van der Waals surface area contributed by atoms with Gasteiger partial charge >= 0.3 is 0 Å². The van der Waals surface area contributed by atoms with E-state index in [0.717, 1.165) is 18.1 Å². The molecule has 17 heavy (non-hydrogen) atoms. The fourth-order valence-corrected chi connectivity index (χ4v) is 2.11. The van der Waals surface area contributed by atoms with Gasteiger partial charge in [0.25, 0.3) is 0 Å². The van der Waals surface area contributed by atoms with Crippen LogP contribution in [0.4, 0.5) is 0 Å². The molecule has 0 aliphatic heterocycles. The Labute approximate surface area is 109 Å². The van der Waals surface area contributed by atoms with E-state index in [2.05, 4.69) is 62.2 Å². The zero-order valence-corrected chi connectivity index (χ0v) is 12.7. The van der Waals surface area contributed by atoms with Gasteiger partial charge in [0.2, 0.25) is 0 Å². The first-order valence-corrected chi connectivity index (χ1v) is 7.02. The van der Waals surface area contributed by atoms with E-state index in [1.807, 2.05) is 0 Å². The molecule has 0 bridgehead atoms. The Kier molecular flexibility index (Phi) is 5.10. The summed E-state index contributed by atoms with van der Waals surface area (Å²) in [4.78, 5) is 6.84. The lowest BCUT2D eigenvalue weighted by Crippen LogP contribution is -2.45. The van der Waals surface area contributed by atoms with E-state index in [9.17, 15) is 0 Å². The van der Waals surface area contributed by atoms with Gasteiger partial charge in [-0.15, -0.1) is 11.3 Å². The zero-order valence-electron chi connectivity index (χ0n) is 11.9. The van der Waals surface area contributed by atoms with Crippen molar-refractivity contribution in [2.24, 2.45) is 0 Å². The fourth-order valence-electron chi connectivity index (χ4n) is 1.50. The Bertz CT molecular complexity index is 341. The molecular formula is C13H25N3S. The molecule has 0 aliphatic carbocycles. The molecule has 1 aromatic heterocycles. The van der Waals surface area contributed by atoms with Crippen LogP contribution in [-0.4, -0.2) is 35.1 Å². The van der Waals surface area contributed by atoms with Crippen LogP contribution in [0.25, 0.3) is 0 Å². The number of aryl methyl sites for hydroxylation is 1. The molecule has 98 valence electrons. The van der Waals surface area contributed by atoms with E-state index in [-0.39, 0.29) is 5.54 Å². The highest BCUT2D eigenvalue weighted by molar-refractivity contribution is 7.09. The summed E-state index contributed by atoms with van der Waals surface area (Å²) in [7, 11) is 2.16. The Morgan fingerprint density at radius 3 is 2.59 bits per heavy atom. The number of hydrogen-bond acceptors (Lipinski definition) is 4. The number of hydrogen-bond donors (Lipinski definition) is 1. The first-order chi connectivity index (χ1) is 7.78. The number of thiazole rings is 1. The van der Waals surface area contributed by atoms with E-state index < -0.39 is 0 Å². The van der Waals surface area contributed by atoms with Gasteiger partial charge in [-0.05, 0) is 41.7 Å². The summed E-state index contributed by atoms with van der Waals surface area (Å²) in [6, 6.07) is 0.510. The summed E-state index contributed by atoms with van der Waals surface area (Å²) < 4.78 is 0. The topological polar surface area (TPSA) is 28.2 Å². The predicted molar refractivity (Wildman–Crippen MR) is 75.5 cm³/mol. The number of nitrogens with zero attached hydrogens (tertiary/aromatic N) is 2. The highest BCUT2D eigenvalue weighted by Crippen LogP contribution is 2.11. The van der Waals surface area contributed by atoms with E-state index in [4.69, 9.17) is 0 Å². The largest absolute Gasteiger partial charge is 0.311 e. The number of aromatic nitrogens is 1. The van der Waals surface area contributed by atoms with Crippen LogP contribution in [0, 0.1) is 6.92 Å². The van der Waals surface area contributed by atoms with Crippen LogP contribution >= 0.6 is 11.3 Å². The van der Waals surface area contributed by atoms with E-state index >= 15 is 0 Å². The summed E-state index contributed by atoms with van der Waals surface area (Å²) in [6.07, 6.45) is 0. The maximum atomic E-state index is 4.50. The monoisotopic (exact) mass is 255 g/mol. The summed E-state index contributed by atoms with van der Waals surface area (Å²) in [6.45, 7) is 12.8. The third-order valence-electron chi connectivity index (χ3n) is 2.76. The van der Waals surface area contributed by atoms with Gasteiger partial charge in [0.1, 0.15) is 0 Å². The highest BCUT2D eigenvalue weighted by atomic mass is 32.1. The molecule has 0 saturated heterocycles. The zero-order chi connectivity index (χ0) is 13.1. The SMILES string of the molecule is Cc1nc(CN(C)C(C)CNC(C)(C)C)cs1. The molecule has 0 amide bonds. The van der Waals surface area contributed by atoms with Crippen molar-refractivity contribution in [1.29, 1.82) is 0 Å². The van der Waals surface area contributed by atoms with E-state index in [1.165, 1.54) is 5.69 Å². The summed E-state index contributed by atoms with van der Waals surface area (Å²) in [5, 5.41) is 6.83. The molecule has 0 saturated carbocycles. The molecule has 3 nitrogen and oxygen atoms in total. The first kappa shape index (κ1) is 14.6. The van der Waals surface area contributed by atoms with Crippen molar-refractivity contribution in [1.82, 2.24) is 15.2 Å². The molecule has 1 N–H and O–H groups in total. The third kappa shape index (κ3) is 5.61. The number of likely N-dealkylation sites (N-methyl/N-ethyl adjacent to an activating group) is 1. The second-order valence-electron chi connectivity index (χ2n) is 5.75. The minimum absolute atomic E-state index is 0.187. The van der Waals surface area contributed by atoms with Crippen molar-refractivity contribution < 1.29 is 0 Å². The molecule has 0 aliphatic rings. The lowest BCUT2D eigenvalue weighted by molar-refractivity contribution is 0.226. The maximum Gasteiger partial charge on any atom is 0.0897 e.